The highest BCUT2D eigenvalue weighted by Crippen LogP contribution is 2.64. The number of amides is 1. The maximum Gasteiger partial charge on any atom is 0.338 e. The highest BCUT2D eigenvalue weighted by atomic mass is 19.3. The average Bonchev–Trinajstić information content (AvgIpc) is 2.90. The van der Waals surface area contributed by atoms with Gasteiger partial charge < -0.3 is 5.32 Å². The zero-order valence-corrected chi connectivity index (χ0v) is 16.6. The van der Waals surface area contributed by atoms with E-state index in [1.807, 2.05) is 0 Å². The van der Waals surface area contributed by atoms with Crippen LogP contribution >= 0.6 is 0 Å². The van der Waals surface area contributed by atoms with Crippen molar-refractivity contribution in [1.82, 2.24) is 15.1 Å². The normalized spacial score (nSPS) is 24.8. The van der Waals surface area contributed by atoms with Gasteiger partial charge in [-0.2, -0.15) is 22.7 Å². The molecule has 1 aromatic heterocycles. The third-order valence-corrected chi connectivity index (χ3v) is 6.23. The van der Waals surface area contributed by atoms with Gasteiger partial charge >= 0.3 is 11.8 Å². The molecule has 2 saturated carbocycles. The lowest BCUT2D eigenvalue weighted by molar-refractivity contribution is -0.335. The van der Waals surface area contributed by atoms with E-state index in [9.17, 15) is 26.7 Å². The average molecular weight is 427 g/mol. The molecular weight excluding hydrogens is 405 g/mol. The van der Waals surface area contributed by atoms with Crippen molar-refractivity contribution in [2.45, 2.75) is 62.3 Å². The smallest absolute Gasteiger partial charge is 0.338 e. The molecule has 1 atom stereocenters. The van der Waals surface area contributed by atoms with E-state index in [1.165, 1.54) is 23.9 Å². The molecule has 1 N–H and O–H groups in total. The molecule has 0 spiro atoms. The maximum absolute atomic E-state index is 14.9. The van der Waals surface area contributed by atoms with Crippen LogP contribution in [0.3, 0.4) is 0 Å². The highest BCUT2D eigenvalue weighted by molar-refractivity contribution is 5.75. The fourth-order valence-corrected chi connectivity index (χ4v) is 4.63. The molecule has 4 rings (SSSR count). The predicted octanol–water partition coefficient (Wildman–Crippen LogP) is 4.42. The van der Waals surface area contributed by atoms with Gasteiger partial charge in [0.25, 0.3) is 0 Å². The summed E-state index contributed by atoms with van der Waals surface area (Å²) in [6.45, 7) is 1.03. The van der Waals surface area contributed by atoms with Gasteiger partial charge in [0.15, 0.2) is 5.54 Å². The van der Waals surface area contributed by atoms with E-state index < -0.39 is 35.5 Å². The van der Waals surface area contributed by atoms with Crippen LogP contribution < -0.4 is 5.32 Å². The van der Waals surface area contributed by atoms with E-state index in [1.54, 1.807) is 12.1 Å². The molecule has 2 fully saturated rings. The summed E-state index contributed by atoms with van der Waals surface area (Å²) in [6, 6.07) is 5.73. The third kappa shape index (κ3) is 2.93. The van der Waals surface area contributed by atoms with Crippen LogP contribution in [-0.4, -0.2) is 27.5 Å². The number of carbonyl (C=O) groups is 1. The summed E-state index contributed by atoms with van der Waals surface area (Å²) in [7, 11) is 1.43. The van der Waals surface area contributed by atoms with Gasteiger partial charge in [0.2, 0.25) is 5.91 Å². The second-order valence-electron chi connectivity index (χ2n) is 8.31. The number of aryl methyl sites for hydroxylation is 1. The maximum atomic E-state index is 14.9. The summed E-state index contributed by atoms with van der Waals surface area (Å²) >= 11 is 0. The van der Waals surface area contributed by atoms with E-state index in [4.69, 9.17) is 0 Å². The standard InChI is InChI=1S/C21H22F5N3O/c1-12(30)27-19(11-20(23,24)21(19,25)26)18-17(14-4-3-5-14)16(28-29(18)2)10-13-6-8-15(22)9-7-13/h6-9,14H,3-5,10-11H2,1-2H3,(H,27,30)/t19-/m1/s1. The Kier molecular flexibility index (Phi) is 4.70. The highest BCUT2D eigenvalue weighted by Gasteiger charge is 2.82. The van der Waals surface area contributed by atoms with E-state index in [2.05, 4.69) is 10.4 Å². The van der Waals surface area contributed by atoms with Crippen molar-refractivity contribution in [3.63, 3.8) is 0 Å². The summed E-state index contributed by atoms with van der Waals surface area (Å²) in [4.78, 5) is 11.8. The Bertz CT molecular complexity index is 981. The minimum atomic E-state index is -4.45. The van der Waals surface area contributed by atoms with Crippen molar-refractivity contribution < 1.29 is 26.7 Å². The molecule has 2 aliphatic carbocycles. The molecule has 0 saturated heterocycles. The summed E-state index contributed by atoms with van der Waals surface area (Å²) in [5, 5.41) is 6.54. The molecule has 1 aromatic carbocycles. The van der Waals surface area contributed by atoms with Crippen molar-refractivity contribution in [3.8, 4) is 0 Å². The Morgan fingerprint density at radius 3 is 2.30 bits per heavy atom. The van der Waals surface area contributed by atoms with Crippen LogP contribution in [0.15, 0.2) is 24.3 Å². The molecule has 2 aliphatic rings. The zero-order chi connectivity index (χ0) is 21.9. The number of benzene rings is 1. The van der Waals surface area contributed by atoms with E-state index in [0.717, 1.165) is 31.7 Å². The lowest BCUT2D eigenvalue weighted by atomic mass is 9.63. The summed E-state index contributed by atoms with van der Waals surface area (Å²) in [5.41, 5.74) is -0.872. The van der Waals surface area contributed by atoms with Gasteiger partial charge in [0, 0.05) is 26.0 Å². The number of aromatic nitrogens is 2. The Morgan fingerprint density at radius 2 is 1.83 bits per heavy atom. The molecule has 0 bridgehead atoms. The van der Waals surface area contributed by atoms with Gasteiger partial charge in [0.1, 0.15) is 5.82 Å². The predicted molar refractivity (Wildman–Crippen MR) is 99.0 cm³/mol. The number of carbonyl (C=O) groups excluding carboxylic acids is 1. The molecule has 0 unspecified atom stereocenters. The van der Waals surface area contributed by atoms with Crippen molar-refractivity contribution in [1.29, 1.82) is 0 Å². The molecule has 2 aromatic rings. The molecule has 162 valence electrons. The molecule has 9 heteroatoms. The topological polar surface area (TPSA) is 46.9 Å². The van der Waals surface area contributed by atoms with Gasteiger partial charge in [-0.05, 0) is 36.5 Å². The van der Waals surface area contributed by atoms with Crippen LogP contribution in [0.4, 0.5) is 22.0 Å². The molecular formula is C21H22F5N3O. The number of nitrogens with zero attached hydrogens (tertiary/aromatic N) is 2. The first-order chi connectivity index (χ1) is 14.0. The largest absolute Gasteiger partial charge is 0.339 e. The van der Waals surface area contributed by atoms with Gasteiger partial charge in [-0.1, -0.05) is 18.6 Å². The molecule has 0 radical (unpaired) electrons. The van der Waals surface area contributed by atoms with Crippen LogP contribution in [0.1, 0.15) is 61.0 Å². The van der Waals surface area contributed by atoms with Crippen molar-refractivity contribution >= 4 is 5.91 Å². The number of nitrogens with one attached hydrogen (secondary N) is 1. The molecule has 1 amide bonds. The summed E-state index contributed by atoms with van der Waals surface area (Å²) in [5.74, 6) is -10.00. The van der Waals surface area contributed by atoms with E-state index in [0.29, 0.717) is 11.3 Å². The monoisotopic (exact) mass is 427 g/mol. The van der Waals surface area contributed by atoms with Crippen molar-refractivity contribution in [3.05, 3.63) is 52.6 Å². The fourth-order valence-electron chi connectivity index (χ4n) is 4.63. The zero-order valence-electron chi connectivity index (χ0n) is 16.6. The first-order valence-electron chi connectivity index (χ1n) is 9.83. The van der Waals surface area contributed by atoms with Crippen LogP contribution in [-0.2, 0) is 23.8 Å². The Labute approximate surface area is 170 Å². The number of alkyl halides is 4. The minimum absolute atomic E-state index is 0.0598. The fraction of sp³-hybridized carbons (Fsp3) is 0.524. The summed E-state index contributed by atoms with van der Waals surface area (Å²) in [6.07, 6.45) is 1.41. The van der Waals surface area contributed by atoms with Crippen molar-refractivity contribution in [2.24, 2.45) is 7.05 Å². The molecule has 30 heavy (non-hydrogen) atoms. The second-order valence-corrected chi connectivity index (χ2v) is 8.31. The van der Waals surface area contributed by atoms with Crippen LogP contribution in [0.5, 0.6) is 0 Å². The Morgan fingerprint density at radius 1 is 1.20 bits per heavy atom. The van der Waals surface area contributed by atoms with Gasteiger partial charge in [0.05, 0.1) is 17.8 Å². The lowest BCUT2D eigenvalue weighted by Gasteiger charge is -2.54. The number of halogens is 5. The number of rotatable bonds is 5. The molecule has 4 nitrogen and oxygen atoms in total. The van der Waals surface area contributed by atoms with Gasteiger partial charge in [-0.15, -0.1) is 0 Å². The van der Waals surface area contributed by atoms with Gasteiger partial charge in [-0.3, -0.25) is 9.48 Å². The van der Waals surface area contributed by atoms with Crippen LogP contribution in [0.25, 0.3) is 0 Å². The summed E-state index contributed by atoms with van der Waals surface area (Å²) < 4.78 is 72.0. The Balaban J connectivity index is 1.85. The van der Waals surface area contributed by atoms with Crippen LogP contribution in [0.2, 0.25) is 0 Å². The third-order valence-electron chi connectivity index (χ3n) is 6.23. The number of hydrogen-bond acceptors (Lipinski definition) is 2. The second kappa shape index (κ2) is 6.78. The molecule has 1 heterocycles. The van der Waals surface area contributed by atoms with E-state index >= 15 is 0 Å². The quantitative estimate of drug-likeness (QED) is 0.718. The molecule has 0 aliphatic heterocycles. The van der Waals surface area contributed by atoms with E-state index in [-0.39, 0.29) is 18.0 Å². The SMILES string of the molecule is CC(=O)N[C@@]1(c2c(C3CCC3)c(Cc3ccc(F)cc3)nn2C)CC(F)(F)C1(F)F. The number of hydrogen-bond donors (Lipinski definition) is 1. The lowest BCUT2D eigenvalue weighted by Crippen LogP contribution is -2.76. The first kappa shape index (κ1) is 20.8. The minimum Gasteiger partial charge on any atom is -0.339 e. The first-order valence-corrected chi connectivity index (χ1v) is 9.83. The van der Waals surface area contributed by atoms with Gasteiger partial charge in [-0.25, -0.2) is 4.39 Å². The Hall–Kier alpha value is -2.45. The van der Waals surface area contributed by atoms with Crippen molar-refractivity contribution in [2.75, 3.05) is 0 Å². The van der Waals surface area contributed by atoms with Crippen LogP contribution in [0, 0.1) is 5.82 Å².